The fourth-order valence-electron chi connectivity index (χ4n) is 8.04. The molecule has 15 heteroatoms. The Morgan fingerprint density at radius 2 is 1.21 bits per heavy atom. The number of pyridine rings is 2. The van der Waals surface area contributed by atoms with Crippen molar-refractivity contribution in [2.75, 3.05) is 49.2 Å². The summed E-state index contributed by atoms with van der Waals surface area (Å²) in [6.45, 7) is 12.0. The molecule has 7 heterocycles. The number of carbonyl (C=O) groups excluding carboxylic acids is 1. The Bertz CT molecular complexity index is 2410. The van der Waals surface area contributed by atoms with Gasteiger partial charge in [0.15, 0.2) is 11.6 Å². The standard InChI is InChI=1S/C24H30FN5O2.C19H19FN4O2/c1-3-16-11-17-13-20(24-26-15(2)29-32-24)23(28-22(17)21(25)12-16)30-8-6-18(7-9-30)27-19-5-4-10-31-14-19;1-3-12-8-13-10-15(19-21-11(2)23-26-19)18(22-17(13)16(20)9-12)24-6-4-14(25)5-7-24/h11-13,18-19,27H,3-10,14H2,1-2H3;8-10H,3-7H2,1-2H3/t19-;/m1./s1. The normalized spacial score (nSPS) is 17.9. The minimum Gasteiger partial charge on any atom is -0.380 e. The highest BCUT2D eigenvalue weighted by molar-refractivity contribution is 5.90. The summed E-state index contributed by atoms with van der Waals surface area (Å²) in [6, 6.07) is 11.7. The minimum atomic E-state index is -0.345. The van der Waals surface area contributed by atoms with Crippen LogP contribution in [0, 0.1) is 25.5 Å². The molecular formula is C43H49F2N9O4. The van der Waals surface area contributed by atoms with Gasteiger partial charge in [-0.2, -0.15) is 9.97 Å². The number of rotatable bonds is 8. The minimum absolute atomic E-state index is 0.232. The zero-order valence-electron chi connectivity index (χ0n) is 33.5. The molecule has 0 spiro atoms. The molecule has 0 bridgehead atoms. The predicted octanol–water partition coefficient (Wildman–Crippen LogP) is 7.50. The number of aryl methyl sites for hydroxylation is 4. The van der Waals surface area contributed by atoms with E-state index in [-0.39, 0.29) is 17.4 Å². The van der Waals surface area contributed by atoms with Crippen molar-refractivity contribution in [1.82, 2.24) is 35.6 Å². The second-order valence-electron chi connectivity index (χ2n) is 15.4. The summed E-state index contributed by atoms with van der Waals surface area (Å²) in [5.41, 5.74) is 3.97. The third-order valence-corrected chi connectivity index (χ3v) is 11.2. The van der Waals surface area contributed by atoms with Gasteiger partial charge in [-0.1, -0.05) is 24.2 Å². The zero-order chi connectivity index (χ0) is 40.3. The molecule has 3 aliphatic heterocycles. The molecule has 0 saturated carbocycles. The average Bonchev–Trinajstić information content (AvgIpc) is 3.89. The van der Waals surface area contributed by atoms with Crippen LogP contribution in [0.4, 0.5) is 20.4 Å². The second kappa shape index (κ2) is 17.2. The van der Waals surface area contributed by atoms with E-state index in [4.69, 9.17) is 18.8 Å². The first kappa shape index (κ1) is 39.4. The number of nitrogens with zero attached hydrogens (tertiary/aromatic N) is 8. The maximum absolute atomic E-state index is 14.9. The fourth-order valence-corrected chi connectivity index (χ4v) is 8.04. The summed E-state index contributed by atoms with van der Waals surface area (Å²) in [4.78, 5) is 33.9. The number of hydrogen-bond acceptors (Lipinski definition) is 13. The van der Waals surface area contributed by atoms with E-state index < -0.39 is 0 Å². The van der Waals surface area contributed by atoms with Crippen molar-refractivity contribution in [3.8, 4) is 22.9 Å². The van der Waals surface area contributed by atoms with Crippen molar-refractivity contribution in [2.45, 2.75) is 91.1 Å². The molecule has 58 heavy (non-hydrogen) atoms. The van der Waals surface area contributed by atoms with Crippen molar-refractivity contribution in [1.29, 1.82) is 0 Å². The number of hydrogen-bond donors (Lipinski definition) is 1. The number of halogens is 2. The average molecular weight is 794 g/mol. The maximum atomic E-state index is 14.9. The summed E-state index contributed by atoms with van der Waals surface area (Å²) in [5.74, 6) is 2.76. The molecule has 0 amide bonds. The number of piperidine rings is 2. The van der Waals surface area contributed by atoms with Crippen LogP contribution in [-0.2, 0) is 22.4 Å². The van der Waals surface area contributed by atoms with Gasteiger partial charge < -0.3 is 28.9 Å². The van der Waals surface area contributed by atoms with E-state index in [9.17, 15) is 13.6 Å². The van der Waals surface area contributed by atoms with Gasteiger partial charge in [0.2, 0.25) is 0 Å². The topological polar surface area (TPSA) is 148 Å². The zero-order valence-corrected chi connectivity index (χ0v) is 33.5. The van der Waals surface area contributed by atoms with Crippen LogP contribution < -0.4 is 15.1 Å². The summed E-state index contributed by atoms with van der Waals surface area (Å²) in [7, 11) is 0. The summed E-state index contributed by atoms with van der Waals surface area (Å²) >= 11 is 0. The Hall–Kier alpha value is -5.41. The highest BCUT2D eigenvalue weighted by Gasteiger charge is 2.28. The van der Waals surface area contributed by atoms with Gasteiger partial charge in [0.05, 0.1) is 17.7 Å². The smallest absolute Gasteiger partial charge is 0.261 e. The van der Waals surface area contributed by atoms with Crippen molar-refractivity contribution in [3.05, 3.63) is 70.8 Å². The highest BCUT2D eigenvalue weighted by Crippen LogP contribution is 2.36. The van der Waals surface area contributed by atoms with E-state index in [1.54, 1.807) is 19.9 Å². The van der Waals surface area contributed by atoms with Crippen LogP contribution in [0.2, 0.25) is 0 Å². The van der Waals surface area contributed by atoms with Crippen molar-refractivity contribution >= 4 is 39.2 Å². The Morgan fingerprint density at radius 3 is 1.66 bits per heavy atom. The maximum Gasteiger partial charge on any atom is 0.261 e. The molecule has 4 aromatic heterocycles. The van der Waals surface area contributed by atoms with Gasteiger partial charge in [-0.3, -0.25) is 4.79 Å². The number of ketones is 1. The number of aromatic nitrogens is 6. The Kier molecular flexibility index (Phi) is 11.7. The molecular weight excluding hydrogens is 745 g/mol. The van der Waals surface area contributed by atoms with Crippen LogP contribution in [0.15, 0.2) is 45.4 Å². The van der Waals surface area contributed by atoms with E-state index >= 15 is 0 Å². The monoisotopic (exact) mass is 793 g/mol. The number of nitrogens with one attached hydrogen (secondary N) is 1. The molecule has 1 atom stereocenters. The number of fused-ring (bicyclic) bond motifs is 2. The molecule has 3 aliphatic rings. The molecule has 1 N–H and O–H groups in total. The van der Waals surface area contributed by atoms with Gasteiger partial charge in [0, 0.05) is 68.5 Å². The quantitative estimate of drug-likeness (QED) is 0.162. The van der Waals surface area contributed by atoms with E-state index in [2.05, 4.69) is 35.5 Å². The third-order valence-electron chi connectivity index (χ3n) is 11.2. The van der Waals surface area contributed by atoms with Crippen LogP contribution in [0.3, 0.4) is 0 Å². The molecule has 6 aromatic rings. The van der Waals surface area contributed by atoms with Gasteiger partial charge in [-0.25, -0.2) is 18.7 Å². The van der Waals surface area contributed by atoms with Crippen LogP contribution in [0.1, 0.15) is 75.1 Å². The Balaban J connectivity index is 0.000000165. The van der Waals surface area contributed by atoms with Crippen LogP contribution in [0.5, 0.6) is 0 Å². The largest absolute Gasteiger partial charge is 0.380 e. The second-order valence-corrected chi connectivity index (χ2v) is 15.4. The fraction of sp³-hybridized carbons (Fsp3) is 0.465. The number of benzene rings is 2. The van der Waals surface area contributed by atoms with Gasteiger partial charge >= 0.3 is 0 Å². The lowest BCUT2D eigenvalue weighted by atomic mass is 10.0. The van der Waals surface area contributed by atoms with Crippen molar-refractivity contribution in [2.24, 2.45) is 0 Å². The molecule has 3 saturated heterocycles. The molecule has 9 rings (SSSR count). The van der Waals surface area contributed by atoms with E-state index in [1.165, 1.54) is 12.5 Å². The lowest BCUT2D eigenvalue weighted by Crippen LogP contribution is -2.48. The number of Topliss-reactive ketones (excluding diaryl/α,β-unsaturated/α-hetero) is 1. The first-order valence-corrected chi connectivity index (χ1v) is 20.4. The molecule has 13 nitrogen and oxygen atoms in total. The summed E-state index contributed by atoms with van der Waals surface area (Å²) in [5, 5.41) is 13.0. The van der Waals surface area contributed by atoms with Gasteiger partial charge in [-0.05, 0) is 99.9 Å². The van der Waals surface area contributed by atoms with Crippen LogP contribution in [0.25, 0.3) is 44.7 Å². The van der Waals surface area contributed by atoms with Gasteiger partial charge in [0.25, 0.3) is 11.8 Å². The molecule has 0 aliphatic carbocycles. The van der Waals surface area contributed by atoms with E-state index in [1.807, 2.05) is 43.0 Å². The molecule has 2 aromatic carbocycles. The number of anilines is 2. The molecule has 304 valence electrons. The molecule has 3 fully saturated rings. The van der Waals surface area contributed by atoms with Crippen molar-refractivity contribution in [3.63, 3.8) is 0 Å². The third kappa shape index (κ3) is 8.56. The number of ether oxygens (including phenoxy) is 1. The van der Waals surface area contributed by atoms with Gasteiger partial charge in [-0.15, -0.1) is 0 Å². The lowest BCUT2D eigenvalue weighted by molar-refractivity contribution is -0.119. The summed E-state index contributed by atoms with van der Waals surface area (Å²) in [6.07, 6.45) is 6.69. The summed E-state index contributed by atoms with van der Waals surface area (Å²) < 4.78 is 45.9. The van der Waals surface area contributed by atoms with Crippen LogP contribution in [-0.4, -0.2) is 87.5 Å². The predicted molar refractivity (Wildman–Crippen MR) is 217 cm³/mol. The molecule has 0 radical (unpaired) electrons. The van der Waals surface area contributed by atoms with E-state index in [0.717, 1.165) is 80.5 Å². The SMILES string of the molecule is CCc1cc(F)c2nc(N3CCC(=O)CC3)c(-c3nc(C)no3)cc2c1.CCc1cc(F)c2nc(N3CCC(N[C@@H]4CCCOC4)CC3)c(-c3nc(C)no3)cc2c1. The van der Waals surface area contributed by atoms with Gasteiger partial charge in [0.1, 0.15) is 40.1 Å². The Labute approximate surface area is 335 Å². The first-order valence-electron chi connectivity index (χ1n) is 20.4. The first-order chi connectivity index (χ1) is 28.1. The molecule has 0 unspecified atom stereocenters. The van der Waals surface area contributed by atoms with Crippen molar-refractivity contribution < 1.29 is 27.4 Å². The number of carbonyl (C=O) groups is 1. The van der Waals surface area contributed by atoms with Crippen LogP contribution >= 0.6 is 0 Å². The van der Waals surface area contributed by atoms with E-state index in [0.29, 0.717) is 95.1 Å². The lowest BCUT2D eigenvalue weighted by Gasteiger charge is -2.36. The Morgan fingerprint density at radius 1 is 0.690 bits per heavy atom. The highest BCUT2D eigenvalue weighted by atomic mass is 19.1.